The molecule has 0 atom stereocenters. The smallest absolute Gasteiger partial charge is 0.163 e. The molecule has 0 fully saturated rings. The summed E-state index contributed by atoms with van der Waals surface area (Å²) in [5.41, 5.74) is 1.75. The number of anilines is 4. The number of rotatable bonds is 5. The highest BCUT2D eigenvalue weighted by atomic mass is 16.6. The molecule has 27 heavy (non-hydrogen) atoms. The molecule has 138 valence electrons. The van der Waals surface area contributed by atoms with Gasteiger partial charge >= 0.3 is 0 Å². The number of hydrogen-bond donors (Lipinski definition) is 2. The number of aryl methyl sites for hydroxylation is 1. The van der Waals surface area contributed by atoms with Gasteiger partial charge in [-0.15, -0.1) is 0 Å². The molecule has 7 nitrogen and oxygen atoms in total. The molecule has 7 heteroatoms. The van der Waals surface area contributed by atoms with Gasteiger partial charge in [-0.3, -0.25) is 0 Å². The highest BCUT2D eigenvalue weighted by Gasteiger charge is 2.12. The van der Waals surface area contributed by atoms with Crippen molar-refractivity contribution in [3.8, 4) is 17.2 Å². The lowest BCUT2D eigenvalue weighted by Crippen LogP contribution is -2.15. The van der Waals surface area contributed by atoms with Crippen LogP contribution in [0.2, 0.25) is 0 Å². The average Bonchev–Trinajstić information content (AvgIpc) is 2.67. The maximum atomic E-state index is 5.63. The Bertz CT molecular complexity index is 962. The summed E-state index contributed by atoms with van der Waals surface area (Å²) in [6.07, 6.45) is 0. The fourth-order valence-electron chi connectivity index (χ4n) is 2.81. The van der Waals surface area contributed by atoms with Crippen LogP contribution in [-0.2, 0) is 0 Å². The van der Waals surface area contributed by atoms with Crippen LogP contribution in [-0.4, -0.2) is 30.3 Å². The molecule has 0 radical (unpaired) electrons. The van der Waals surface area contributed by atoms with Gasteiger partial charge in [0.2, 0.25) is 0 Å². The van der Waals surface area contributed by atoms with Crippen molar-refractivity contribution < 1.29 is 14.2 Å². The normalized spacial score (nSPS) is 12.4. The Balaban J connectivity index is 1.55. The number of nitrogens with one attached hydrogen (secondary N) is 2. The molecule has 3 aromatic rings. The molecule has 0 unspecified atom stereocenters. The van der Waals surface area contributed by atoms with Gasteiger partial charge in [-0.1, -0.05) is 6.07 Å². The summed E-state index contributed by atoms with van der Waals surface area (Å²) < 4.78 is 16.4. The van der Waals surface area contributed by atoms with Crippen molar-refractivity contribution in [3.05, 3.63) is 54.4 Å². The third-order valence-corrected chi connectivity index (χ3v) is 3.99. The SMILES string of the molecule is COc1cccc(Nc2cc(Nc3ccc4c(c3)OCCO4)nc(C)n2)c1. The van der Waals surface area contributed by atoms with Crippen LogP contribution in [0.25, 0.3) is 0 Å². The lowest BCUT2D eigenvalue weighted by atomic mass is 10.2. The van der Waals surface area contributed by atoms with Crippen LogP contribution in [0.5, 0.6) is 17.2 Å². The molecule has 1 aromatic heterocycles. The fraction of sp³-hybridized carbons (Fsp3) is 0.200. The molecule has 0 saturated heterocycles. The van der Waals surface area contributed by atoms with Crippen LogP contribution in [0.15, 0.2) is 48.5 Å². The highest BCUT2D eigenvalue weighted by molar-refractivity contribution is 5.66. The summed E-state index contributed by atoms with van der Waals surface area (Å²) in [5.74, 6) is 4.29. The molecular weight excluding hydrogens is 344 g/mol. The quantitative estimate of drug-likeness (QED) is 0.707. The van der Waals surface area contributed by atoms with Crippen molar-refractivity contribution in [2.45, 2.75) is 6.92 Å². The molecule has 1 aliphatic rings. The Morgan fingerprint density at radius 1 is 0.852 bits per heavy atom. The minimum Gasteiger partial charge on any atom is -0.497 e. The minimum absolute atomic E-state index is 0.553. The summed E-state index contributed by atoms with van der Waals surface area (Å²) in [4.78, 5) is 8.91. The van der Waals surface area contributed by atoms with Crippen molar-refractivity contribution >= 4 is 23.0 Å². The second-order valence-electron chi connectivity index (χ2n) is 6.03. The zero-order valence-corrected chi connectivity index (χ0v) is 15.2. The summed E-state index contributed by atoms with van der Waals surface area (Å²) in [5, 5.41) is 6.57. The minimum atomic E-state index is 0.553. The van der Waals surface area contributed by atoms with E-state index in [1.54, 1.807) is 7.11 Å². The third kappa shape index (κ3) is 4.03. The van der Waals surface area contributed by atoms with E-state index in [1.165, 1.54) is 0 Å². The van der Waals surface area contributed by atoms with Crippen molar-refractivity contribution in [1.82, 2.24) is 9.97 Å². The molecule has 4 rings (SSSR count). The summed E-state index contributed by atoms with van der Waals surface area (Å²) in [6.45, 7) is 2.98. The van der Waals surface area contributed by atoms with E-state index in [2.05, 4.69) is 20.6 Å². The van der Waals surface area contributed by atoms with Gasteiger partial charge in [-0.05, 0) is 31.2 Å². The Kier molecular flexibility index (Phi) is 4.65. The Morgan fingerprint density at radius 3 is 2.30 bits per heavy atom. The predicted molar refractivity (Wildman–Crippen MR) is 104 cm³/mol. The monoisotopic (exact) mass is 364 g/mol. The molecule has 0 amide bonds. The molecule has 0 saturated carbocycles. The van der Waals surface area contributed by atoms with Gasteiger partial charge in [0.15, 0.2) is 11.5 Å². The van der Waals surface area contributed by atoms with Crippen LogP contribution in [0.3, 0.4) is 0 Å². The van der Waals surface area contributed by atoms with Crippen molar-refractivity contribution in [2.24, 2.45) is 0 Å². The molecular formula is C20H20N4O3. The molecule has 1 aliphatic heterocycles. The highest BCUT2D eigenvalue weighted by Crippen LogP contribution is 2.33. The lowest BCUT2D eigenvalue weighted by molar-refractivity contribution is 0.171. The first-order valence-corrected chi connectivity index (χ1v) is 8.63. The van der Waals surface area contributed by atoms with Gasteiger partial charge in [0, 0.05) is 29.6 Å². The molecule has 2 N–H and O–H groups in total. The topological polar surface area (TPSA) is 77.5 Å². The second-order valence-corrected chi connectivity index (χ2v) is 6.03. The summed E-state index contributed by atoms with van der Waals surface area (Å²) in [7, 11) is 1.64. The zero-order chi connectivity index (χ0) is 18.6. The number of methoxy groups -OCH3 is 1. The van der Waals surface area contributed by atoms with Gasteiger partial charge in [0.25, 0.3) is 0 Å². The van der Waals surface area contributed by atoms with Gasteiger partial charge < -0.3 is 24.8 Å². The van der Waals surface area contributed by atoms with E-state index in [4.69, 9.17) is 14.2 Å². The Morgan fingerprint density at radius 2 is 1.56 bits per heavy atom. The molecule has 0 spiro atoms. The fourth-order valence-corrected chi connectivity index (χ4v) is 2.81. The van der Waals surface area contributed by atoms with Gasteiger partial charge in [0.05, 0.1) is 7.11 Å². The number of fused-ring (bicyclic) bond motifs is 1. The number of hydrogen-bond acceptors (Lipinski definition) is 7. The van der Waals surface area contributed by atoms with E-state index in [0.717, 1.165) is 28.6 Å². The maximum absolute atomic E-state index is 5.63. The Labute approximate surface area is 157 Å². The van der Waals surface area contributed by atoms with E-state index >= 15 is 0 Å². The number of nitrogens with zero attached hydrogens (tertiary/aromatic N) is 2. The number of ether oxygens (including phenoxy) is 3. The Hall–Kier alpha value is -3.48. The molecule has 0 bridgehead atoms. The van der Waals surface area contributed by atoms with Gasteiger partial charge in [-0.2, -0.15) is 0 Å². The van der Waals surface area contributed by atoms with E-state index in [9.17, 15) is 0 Å². The van der Waals surface area contributed by atoms with Crippen molar-refractivity contribution in [3.63, 3.8) is 0 Å². The van der Waals surface area contributed by atoms with E-state index in [-0.39, 0.29) is 0 Å². The number of aromatic nitrogens is 2. The largest absolute Gasteiger partial charge is 0.497 e. The van der Waals surface area contributed by atoms with E-state index in [1.807, 2.05) is 55.5 Å². The summed E-state index contributed by atoms with van der Waals surface area (Å²) in [6, 6.07) is 15.2. The summed E-state index contributed by atoms with van der Waals surface area (Å²) >= 11 is 0. The second kappa shape index (κ2) is 7.41. The van der Waals surface area contributed by atoms with Gasteiger partial charge in [-0.25, -0.2) is 9.97 Å². The first kappa shape index (κ1) is 17.0. The van der Waals surface area contributed by atoms with Crippen LogP contribution < -0.4 is 24.8 Å². The zero-order valence-electron chi connectivity index (χ0n) is 15.2. The average molecular weight is 364 g/mol. The first-order chi connectivity index (χ1) is 13.2. The van der Waals surface area contributed by atoms with Crippen LogP contribution >= 0.6 is 0 Å². The molecule has 0 aliphatic carbocycles. The molecule has 2 aromatic carbocycles. The first-order valence-electron chi connectivity index (χ1n) is 8.63. The van der Waals surface area contributed by atoms with E-state index in [0.29, 0.717) is 30.7 Å². The van der Waals surface area contributed by atoms with Crippen molar-refractivity contribution in [1.29, 1.82) is 0 Å². The molecule has 2 heterocycles. The van der Waals surface area contributed by atoms with Crippen molar-refractivity contribution in [2.75, 3.05) is 31.0 Å². The number of benzene rings is 2. The van der Waals surface area contributed by atoms with Gasteiger partial charge in [0.1, 0.15) is 36.4 Å². The standard InChI is InChI=1S/C20H20N4O3/c1-13-21-19(23-14-4-3-5-16(10-14)25-2)12-20(22-13)24-15-6-7-17-18(11-15)27-9-8-26-17/h3-7,10-12H,8-9H2,1-2H3,(H2,21,22,23,24). The third-order valence-electron chi connectivity index (χ3n) is 3.99. The maximum Gasteiger partial charge on any atom is 0.163 e. The van der Waals surface area contributed by atoms with E-state index < -0.39 is 0 Å². The van der Waals surface area contributed by atoms with Crippen LogP contribution in [0.4, 0.5) is 23.0 Å². The van der Waals surface area contributed by atoms with Crippen LogP contribution in [0, 0.1) is 6.92 Å². The van der Waals surface area contributed by atoms with Crippen LogP contribution in [0.1, 0.15) is 5.82 Å². The lowest BCUT2D eigenvalue weighted by Gasteiger charge is -2.19. The predicted octanol–water partition coefficient (Wildman–Crippen LogP) is 4.05.